The van der Waals surface area contributed by atoms with E-state index in [4.69, 9.17) is 26.3 Å². The first-order chi connectivity index (χ1) is 9.21. The number of hydrogen-bond acceptors (Lipinski definition) is 3. The second kappa shape index (κ2) is 5.03. The lowest BCUT2D eigenvalue weighted by molar-refractivity contribution is -0.153. The number of nitriles is 1. The minimum Gasteiger partial charge on any atom is -0.489 e. The Morgan fingerprint density at radius 3 is 2.89 bits per heavy atom. The number of ether oxygens (including phenoxy) is 2. The molecule has 1 saturated carbocycles. The molecule has 2 aliphatic rings. The lowest BCUT2D eigenvalue weighted by Gasteiger charge is -2.46. The van der Waals surface area contributed by atoms with Crippen LogP contribution in [0.15, 0.2) is 18.2 Å². The molecule has 0 N–H and O–H groups in total. The third-order valence-corrected chi connectivity index (χ3v) is 4.36. The summed E-state index contributed by atoms with van der Waals surface area (Å²) in [4.78, 5) is 0. The van der Waals surface area contributed by atoms with E-state index < -0.39 is 0 Å². The van der Waals surface area contributed by atoms with Crippen LogP contribution in [0.25, 0.3) is 0 Å². The lowest BCUT2D eigenvalue weighted by atomic mass is 9.74. The predicted octanol–water partition coefficient (Wildman–Crippen LogP) is 3.69. The highest BCUT2D eigenvalue weighted by molar-refractivity contribution is 6.32. The number of benzene rings is 1. The van der Waals surface area contributed by atoms with Crippen molar-refractivity contribution in [2.75, 3.05) is 6.61 Å². The third-order valence-electron chi connectivity index (χ3n) is 4.07. The van der Waals surface area contributed by atoms with E-state index in [1.807, 2.05) is 0 Å². The fourth-order valence-corrected chi connectivity index (χ4v) is 3.07. The zero-order chi connectivity index (χ0) is 13.3. The number of nitrogens with zero attached hydrogens (tertiary/aromatic N) is 1. The van der Waals surface area contributed by atoms with E-state index in [9.17, 15) is 0 Å². The lowest BCUT2D eigenvalue weighted by Crippen LogP contribution is -2.48. The van der Waals surface area contributed by atoms with E-state index in [2.05, 4.69) is 6.07 Å². The summed E-state index contributed by atoms with van der Waals surface area (Å²) in [6, 6.07) is 7.24. The van der Waals surface area contributed by atoms with Crippen molar-refractivity contribution in [3.05, 3.63) is 28.8 Å². The fraction of sp³-hybridized carbons (Fsp3) is 0.533. The van der Waals surface area contributed by atoms with Crippen molar-refractivity contribution >= 4 is 11.6 Å². The van der Waals surface area contributed by atoms with Gasteiger partial charge in [-0.15, -0.1) is 0 Å². The first kappa shape index (κ1) is 12.8. The summed E-state index contributed by atoms with van der Waals surface area (Å²) in [5.41, 5.74) is 0.627. The highest BCUT2D eigenvalue weighted by Crippen LogP contribution is 2.43. The first-order valence-electron chi connectivity index (χ1n) is 6.71. The van der Waals surface area contributed by atoms with Gasteiger partial charge in [0, 0.05) is 12.8 Å². The van der Waals surface area contributed by atoms with Gasteiger partial charge in [-0.25, -0.2) is 0 Å². The summed E-state index contributed by atoms with van der Waals surface area (Å²) >= 11 is 6.14. The molecular formula is C15H16ClNO2. The topological polar surface area (TPSA) is 42.2 Å². The molecule has 1 spiro atoms. The maximum absolute atomic E-state index is 8.82. The highest BCUT2D eigenvalue weighted by Gasteiger charge is 2.43. The van der Waals surface area contributed by atoms with Crippen LogP contribution in [-0.4, -0.2) is 18.3 Å². The average Bonchev–Trinajstić information content (AvgIpc) is 2.39. The van der Waals surface area contributed by atoms with Crippen LogP contribution in [0.3, 0.4) is 0 Å². The Balaban J connectivity index is 1.69. The minimum absolute atomic E-state index is 0.0714. The highest BCUT2D eigenvalue weighted by atomic mass is 35.5. The molecule has 100 valence electrons. The van der Waals surface area contributed by atoms with E-state index in [-0.39, 0.29) is 11.7 Å². The summed E-state index contributed by atoms with van der Waals surface area (Å²) in [5.74, 6) is 0.669. The molecule has 0 aromatic heterocycles. The first-order valence-corrected chi connectivity index (χ1v) is 7.09. The van der Waals surface area contributed by atoms with Crippen LogP contribution < -0.4 is 4.74 Å². The van der Waals surface area contributed by atoms with Crippen LogP contribution in [0.4, 0.5) is 0 Å². The summed E-state index contributed by atoms with van der Waals surface area (Å²) < 4.78 is 11.9. The van der Waals surface area contributed by atoms with Gasteiger partial charge in [0.05, 0.1) is 28.9 Å². The molecule has 1 saturated heterocycles. The molecule has 0 radical (unpaired) electrons. The second-order valence-electron chi connectivity index (χ2n) is 5.37. The van der Waals surface area contributed by atoms with Gasteiger partial charge in [0.1, 0.15) is 11.9 Å². The third kappa shape index (κ3) is 2.56. The monoisotopic (exact) mass is 277 g/mol. The smallest absolute Gasteiger partial charge is 0.138 e. The van der Waals surface area contributed by atoms with E-state index >= 15 is 0 Å². The Labute approximate surface area is 118 Å². The zero-order valence-corrected chi connectivity index (χ0v) is 11.4. The number of halogens is 1. The quantitative estimate of drug-likeness (QED) is 0.828. The standard InChI is InChI=1S/C15H16ClNO2/c16-13-8-11(10-17)2-3-14(13)19-12-4-7-18-15(9-12)5-1-6-15/h2-3,8,12H,1,4-7,9H2. The van der Waals surface area contributed by atoms with Crippen molar-refractivity contribution in [1.82, 2.24) is 0 Å². The van der Waals surface area contributed by atoms with E-state index in [0.717, 1.165) is 32.3 Å². The van der Waals surface area contributed by atoms with Gasteiger partial charge in [-0.1, -0.05) is 11.6 Å². The van der Waals surface area contributed by atoms with Gasteiger partial charge in [0.2, 0.25) is 0 Å². The van der Waals surface area contributed by atoms with Gasteiger partial charge in [-0.05, 0) is 37.5 Å². The molecule has 19 heavy (non-hydrogen) atoms. The molecular weight excluding hydrogens is 262 g/mol. The molecule has 1 heterocycles. The second-order valence-corrected chi connectivity index (χ2v) is 5.78. The Hall–Kier alpha value is -1.24. The Morgan fingerprint density at radius 1 is 1.42 bits per heavy atom. The molecule has 4 heteroatoms. The summed E-state index contributed by atoms with van der Waals surface area (Å²) in [6.45, 7) is 0.762. The molecule has 0 amide bonds. The number of rotatable bonds is 2. The fourth-order valence-electron chi connectivity index (χ4n) is 2.85. The summed E-state index contributed by atoms with van der Waals surface area (Å²) in [6.07, 6.45) is 5.56. The Kier molecular flexibility index (Phi) is 3.38. The molecule has 3 nitrogen and oxygen atoms in total. The van der Waals surface area contributed by atoms with Crippen LogP contribution in [0, 0.1) is 11.3 Å². The maximum Gasteiger partial charge on any atom is 0.138 e. The molecule has 1 atom stereocenters. The Bertz CT molecular complexity index is 519. The number of hydrogen-bond donors (Lipinski definition) is 0. The van der Waals surface area contributed by atoms with Gasteiger partial charge >= 0.3 is 0 Å². The van der Waals surface area contributed by atoms with Gasteiger partial charge < -0.3 is 9.47 Å². The molecule has 1 aliphatic carbocycles. The summed E-state index contributed by atoms with van der Waals surface area (Å²) in [5, 5.41) is 9.32. The van der Waals surface area contributed by atoms with Crippen molar-refractivity contribution < 1.29 is 9.47 Å². The van der Waals surface area contributed by atoms with Gasteiger partial charge in [-0.3, -0.25) is 0 Å². The van der Waals surface area contributed by atoms with Crippen molar-refractivity contribution in [3.8, 4) is 11.8 Å². The van der Waals surface area contributed by atoms with Crippen molar-refractivity contribution in [2.24, 2.45) is 0 Å². The molecule has 1 aliphatic heterocycles. The van der Waals surface area contributed by atoms with Crippen molar-refractivity contribution in [3.63, 3.8) is 0 Å². The van der Waals surface area contributed by atoms with E-state index in [0.29, 0.717) is 16.3 Å². The van der Waals surface area contributed by atoms with E-state index in [1.165, 1.54) is 6.42 Å². The average molecular weight is 278 g/mol. The van der Waals surface area contributed by atoms with Gasteiger partial charge in [0.25, 0.3) is 0 Å². The molecule has 2 fully saturated rings. The molecule has 1 unspecified atom stereocenters. The van der Waals surface area contributed by atoms with Gasteiger partial charge in [-0.2, -0.15) is 5.26 Å². The maximum atomic E-state index is 8.82. The predicted molar refractivity (Wildman–Crippen MR) is 72.4 cm³/mol. The van der Waals surface area contributed by atoms with Crippen LogP contribution >= 0.6 is 11.6 Å². The van der Waals surface area contributed by atoms with E-state index in [1.54, 1.807) is 18.2 Å². The van der Waals surface area contributed by atoms with Gasteiger partial charge in [0.15, 0.2) is 0 Å². The van der Waals surface area contributed by atoms with Crippen LogP contribution in [0.1, 0.15) is 37.7 Å². The van der Waals surface area contributed by atoms with Crippen molar-refractivity contribution in [1.29, 1.82) is 5.26 Å². The van der Waals surface area contributed by atoms with Crippen LogP contribution in [0.5, 0.6) is 5.75 Å². The largest absolute Gasteiger partial charge is 0.489 e. The Morgan fingerprint density at radius 2 is 2.26 bits per heavy atom. The minimum atomic E-state index is 0.0714. The SMILES string of the molecule is N#Cc1ccc(OC2CCOC3(CCC3)C2)c(Cl)c1. The molecule has 3 rings (SSSR count). The normalized spacial score (nSPS) is 24.5. The summed E-state index contributed by atoms with van der Waals surface area (Å²) in [7, 11) is 0. The molecule has 0 bridgehead atoms. The molecule has 1 aromatic rings. The van der Waals surface area contributed by atoms with Crippen LogP contribution in [-0.2, 0) is 4.74 Å². The van der Waals surface area contributed by atoms with Crippen LogP contribution in [0.2, 0.25) is 5.02 Å². The van der Waals surface area contributed by atoms with Crippen molar-refractivity contribution in [2.45, 2.75) is 43.8 Å². The zero-order valence-electron chi connectivity index (χ0n) is 10.7. The molecule has 1 aromatic carbocycles.